The molecular weight excluding hydrogens is 272 g/mol. The lowest BCUT2D eigenvalue weighted by Crippen LogP contribution is -2.06. The predicted octanol–water partition coefficient (Wildman–Crippen LogP) is 4.75. The molecule has 0 fully saturated rings. The zero-order chi connectivity index (χ0) is 15.9. The highest BCUT2D eigenvalue weighted by Gasteiger charge is 2.05. The van der Waals surface area contributed by atoms with Gasteiger partial charge in [-0.2, -0.15) is 0 Å². The van der Waals surface area contributed by atoms with Gasteiger partial charge in [0, 0.05) is 18.3 Å². The summed E-state index contributed by atoms with van der Waals surface area (Å²) >= 11 is 0. The molecule has 1 aromatic carbocycles. The quantitative estimate of drug-likeness (QED) is 0.724. The molecule has 4 nitrogen and oxygen atoms in total. The summed E-state index contributed by atoms with van der Waals surface area (Å²) in [5.41, 5.74) is 3.61. The van der Waals surface area contributed by atoms with Crippen molar-refractivity contribution in [2.24, 2.45) is 0 Å². The number of nitrogens with zero attached hydrogens (tertiary/aromatic N) is 2. The van der Waals surface area contributed by atoms with E-state index in [9.17, 15) is 0 Å². The molecule has 0 radical (unpaired) electrons. The summed E-state index contributed by atoms with van der Waals surface area (Å²) in [6.07, 6.45) is 3.63. The maximum atomic E-state index is 4.48. The van der Waals surface area contributed by atoms with E-state index in [0.29, 0.717) is 0 Å². The van der Waals surface area contributed by atoms with Gasteiger partial charge < -0.3 is 10.6 Å². The summed E-state index contributed by atoms with van der Waals surface area (Å²) in [6.45, 7) is 9.32. The Hall–Kier alpha value is -2.10. The first-order valence-electron chi connectivity index (χ1n) is 8.03. The SMILES string of the molecule is CCCCCNc1cc(Nc2cccc(C)c2C)nc(C)n1. The number of hydrogen-bond donors (Lipinski definition) is 2. The van der Waals surface area contributed by atoms with Gasteiger partial charge in [-0.3, -0.25) is 0 Å². The van der Waals surface area contributed by atoms with Crippen molar-refractivity contribution < 1.29 is 0 Å². The molecule has 0 saturated heterocycles. The van der Waals surface area contributed by atoms with Gasteiger partial charge >= 0.3 is 0 Å². The van der Waals surface area contributed by atoms with Crippen LogP contribution in [0.2, 0.25) is 0 Å². The maximum absolute atomic E-state index is 4.48. The lowest BCUT2D eigenvalue weighted by molar-refractivity contribution is 0.742. The van der Waals surface area contributed by atoms with Crippen LogP contribution in [-0.2, 0) is 0 Å². The number of nitrogens with one attached hydrogen (secondary N) is 2. The number of rotatable bonds is 7. The highest BCUT2D eigenvalue weighted by Crippen LogP contribution is 2.23. The predicted molar refractivity (Wildman–Crippen MR) is 94.0 cm³/mol. The van der Waals surface area contributed by atoms with Gasteiger partial charge in [0.05, 0.1) is 0 Å². The number of aryl methyl sites for hydroxylation is 2. The average molecular weight is 298 g/mol. The summed E-state index contributed by atoms with van der Waals surface area (Å²) in [5, 5.41) is 6.79. The molecule has 2 aromatic rings. The van der Waals surface area contributed by atoms with Crippen molar-refractivity contribution in [3.05, 3.63) is 41.2 Å². The van der Waals surface area contributed by atoms with E-state index in [2.05, 4.69) is 59.6 Å². The summed E-state index contributed by atoms with van der Waals surface area (Å²) in [4.78, 5) is 8.93. The van der Waals surface area contributed by atoms with E-state index in [0.717, 1.165) is 29.7 Å². The molecule has 118 valence electrons. The van der Waals surface area contributed by atoms with Gasteiger partial charge in [-0.05, 0) is 44.4 Å². The Bertz CT molecular complexity index is 622. The molecule has 0 aliphatic heterocycles. The van der Waals surface area contributed by atoms with E-state index in [-0.39, 0.29) is 0 Å². The molecule has 0 spiro atoms. The normalized spacial score (nSPS) is 10.5. The van der Waals surface area contributed by atoms with Crippen molar-refractivity contribution in [1.82, 2.24) is 9.97 Å². The number of unbranched alkanes of at least 4 members (excludes halogenated alkanes) is 2. The molecule has 0 bridgehead atoms. The third-order valence-corrected chi connectivity index (χ3v) is 3.79. The van der Waals surface area contributed by atoms with E-state index in [1.807, 2.05) is 13.0 Å². The van der Waals surface area contributed by atoms with E-state index in [4.69, 9.17) is 0 Å². The number of anilines is 3. The minimum atomic E-state index is 0.772. The van der Waals surface area contributed by atoms with Gasteiger partial charge in [-0.25, -0.2) is 9.97 Å². The first-order valence-corrected chi connectivity index (χ1v) is 8.03. The Morgan fingerprint density at radius 1 is 1.00 bits per heavy atom. The third kappa shape index (κ3) is 4.45. The Morgan fingerprint density at radius 3 is 2.55 bits per heavy atom. The first-order chi connectivity index (χ1) is 10.6. The second-order valence-electron chi connectivity index (χ2n) is 5.69. The Balaban J connectivity index is 2.10. The van der Waals surface area contributed by atoms with Crippen LogP contribution in [0.4, 0.5) is 17.3 Å². The standard InChI is InChI=1S/C18H26N4/c1-5-6-7-11-19-17-12-18(21-15(4)20-17)22-16-10-8-9-13(2)14(16)3/h8-10,12H,5-7,11H2,1-4H3,(H2,19,20,21,22). The van der Waals surface area contributed by atoms with Gasteiger partial charge in [-0.15, -0.1) is 0 Å². The molecule has 1 heterocycles. The zero-order valence-corrected chi connectivity index (χ0v) is 14.0. The van der Waals surface area contributed by atoms with Crippen molar-refractivity contribution in [2.45, 2.75) is 47.0 Å². The molecule has 0 atom stereocenters. The Labute approximate surface area is 133 Å². The van der Waals surface area contributed by atoms with Gasteiger partial charge in [0.1, 0.15) is 17.5 Å². The van der Waals surface area contributed by atoms with E-state index in [1.54, 1.807) is 0 Å². The number of hydrogen-bond acceptors (Lipinski definition) is 4. The third-order valence-electron chi connectivity index (χ3n) is 3.79. The van der Waals surface area contributed by atoms with Crippen molar-refractivity contribution >= 4 is 17.3 Å². The lowest BCUT2D eigenvalue weighted by Gasteiger charge is -2.13. The number of aromatic nitrogens is 2. The van der Waals surface area contributed by atoms with Crippen LogP contribution in [0.25, 0.3) is 0 Å². The average Bonchev–Trinajstić information content (AvgIpc) is 2.48. The molecule has 0 aliphatic rings. The van der Waals surface area contributed by atoms with Gasteiger partial charge in [0.2, 0.25) is 0 Å². The van der Waals surface area contributed by atoms with Crippen molar-refractivity contribution in [2.75, 3.05) is 17.2 Å². The van der Waals surface area contributed by atoms with Crippen LogP contribution in [-0.4, -0.2) is 16.5 Å². The van der Waals surface area contributed by atoms with E-state index < -0.39 is 0 Å². The van der Waals surface area contributed by atoms with Crippen LogP contribution in [0.5, 0.6) is 0 Å². The summed E-state index contributed by atoms with van der Waals surface area (Å²) in [6, 6.07) is 8.23. The van der Waals surface area contributed by atoms with Crippen LogP contribution < -0.4 is 10.6 Å². The summed E-state index contributed by atoms with van der Waals surface area (Å²) in [5.74, 6) is 2.49. The highest BCUT2D eigenvalue weighted by molar-refractivity contribution is 5.63. The maximum Gasteiger partial charge on any atom is 0.136 e. The van der Waals surface area contributed by atoms with Gasteiger partial charge in [-0.1, -0.05) is 31.9 Å². The highest BCUT2D eigenvalue weighted by atomic mass is 15.1. The fourth-order valence-corrected chi connectivity index (χ4v) is 2.34. The van der Waals surface area contributed by atoms with Crippen LogP contribution in [0, 0.1) is 20.8 Å². The lowest BCUT2D eigenvalue weighted by atomic mass is 10.1. The van der Waals surface area contributed by atoms with Crippen molar-refractivity contribution in [3.63, 3.8) is 0 Å². The monoisotopic (exact) mass is 298 g/mol. The van der Waals surface area contributed by atoms with Crippen LogP contribution in [0.1, 0.15) is 43.1 Å². The minimum Gasteiger partial charge on any atom is -0.370 e. The topological polar surface area (TPSA) is 49.8 Å². The molecule has 2 rings (SSSR count). The summed E-state index contributed by atoms with van der Waals surface area (Å²) in [7, 11) is 0. The Kier molecular flexibility index (Phi) is 5.75. The second-order valence-corrected chi connectivity index (χ2v) is 5.69. The van der Waals surface area contributed by atoms with Crippen LogP contribution in [0.15, 0.2) is 24.3 Å². The van der Waals surface area contributed by atoms with Gasteiger partial charge in [0.25, 0.3) is 0 Å². The molecule has 0 unspecified atom stereocenters. The van der Waals surface area contributed by atoms with Crippen molar-refractivity contribution in [3.8, 4) is 0 Å². The number of benzene rings is 1. The van der Waals surface area contributed by atoms with E-state index in [1.165, 1.54) is 30.4 Å². The van der Waals surface area contributed by atoms with E-state index >= 15 is 0 Å². The van der Waals surface area contributed by atoms with Crippen LogP contribution in [0.3, 0.4) is 0 Å². The second kappa shape index (κ2) is 7.78. The fourth-order valence-electron chi connectivity index (χ4n) is 2.34. The van der Waals surface area contributed by atoms with Crippen molar-refractivity contribution in [1.29, 1.82) is 0 Å². The zero-order valence-electron chi connectivity index (χ0n) is 14.0. The molecule has 1 aromatic heterocycles. The molecule has 4 heteroatoms. The summed E-state index contributed by atoms with van der Waals surface area (Å²) < 4.78 is 0. The van der Waals surface area contributed by atoms with Crippen LogP contribution >= 0.6 is 0 Å². The molecular formula is C18H26N4. The smallest absolute Gasteiger partial charge is 0.136 e. The fraction of sp³-hybridized carbons (Fsp3) is 0.444. The van der Waals surface area contributed by atoms with Gasteiger partial charge in [0.15, 0.2) is 0 Å². The molecule has 0 amide bonds. The minimum absolute atomic E-state index is 0.772. The molecule has 0 saturated carbocycles. The molecule has 0 aliphatic carbocycles. The first kappa shape index (κ1) is 16.3. The molecule has 22 heavy (non-hydrogen) atoms. The Morgan fingerprint density at radius 2 is 1.77 bits per heavy atom. The molecule has 2 N–H and O–H groups in total. The largest absolute Gasteiger partial charge is 0.370 e.